The fourth-order valence-electron chi connectivity index (χ4n) is 2.78. The third-order valence-corrected chi connectivity index (χ3v) is 4.45. The molecule has 0 aliphatic heterocycles. The molecule has 2 heteroatoms. The molecular formula is C19H36O2. The van der Waals surface area contributed by atoms with Gasteiger partial charge in [-0.2, -0.15) is 0 Å². The highest BCUT2D eigenvalue weighted by Crippen LogP contribution is 2.34. The number of esters is 1. The number of hydrogen-bond donors (Lipinski definition) is 0. The maximum absolute atomic E-state index is 11.5. The SMILES string of the molecule is CCCCCCCCCOC(=O)CCCCCCC1CC1. The molecule has 0 amide bonds. The highest BCUT2D eigenvalue weighted by Gasteiger charge is 2.19. The van der Waals surface area contributed by atoms with Crippen LogP contribution in [0.2, 0.25) is 0 Å². The van der Waals surface area contributed by atoms with Crippen LogP contribution in [0, 0.1) is 5.92 Å². The molecule has 0 radical (unpaired) electrons. The zero-order chi connectivity index (χ0) is 15.2. The summed E-state index contributed by atoms with van der Waals surface area (Å²) in [5, 5.41) is 0. The summed E-state index contributed by atoms with van der Waals surface area (Å²) >= 11 is 0. The lowest BCUT2D eigenvalue weighted by Crippen LogP contribution is -2.05. The molecule has 124 valence electrons. The molecule has 0 aromatic rings. The predicted octanol–water partition coefficient (Wildman–Crippen LogP) is 6.03. The van der Waals surface area contributed by atoms with Gasteiger partial charge in [-0.25, -0.2) is 0 Å². The fourth-order valence-corrected chi connectivity index (χ4v) is 2.78. The molecule has 0 atom stereocenters. The molecule has 0 spiro atoms. The van der Waals surface area contributed by atoms with E-state index in [1.165, 1.54) is 77.0 Å². The van der Waals surface area contributed by atoms with Crippen LogP contribution < -0.4 is 0 Å². The molecule has 0 heterocycles. The van der Waals surface area contributed by atoms with Crippen molar-refractivity contribution >= 4 is 5.97 Å². The second kappa shape index (κ2) is 13.2. The summed E-state index contributed by atoms with van der Waals surface area (Å²) in [6.07, 6.45) is 18.7. The average Bonchev–Trinajstić information content (AvgIpc) is 3.29. The van der Waals surface area contributed by atoms with E-state index < -0.39 is 0 Å². The lowest BCUT2D eigenvalue weighted by molar-refractivity contribution is -0.143. The van der Waals surface area contributed by atoms with Gasteiger partial charge < -0.3 is 4.74 Å². The minimum atomic E-state index is 0.0168. The van der Waals surface area contributed by atoms with Gasteiger partial charge in [-0.3, -0.25) is 4.79 Å². The van der Waals surface area contributed by atoms with Crippen molar-refractivity contribution in [2.75, 3.05) is 6.61 Å². The van der Waals surface area contributed by atoms with Crippen LogP contribution in [0.1, 0.15) is 103 Å². The minimum absolute atomic E-state index is 0.0168. The van der Waals surface area contributed by atoms with Gasteiger partial charge >= 0.3 is 5.97 Å². The van der Waals surface area contributed by atoms with E-state index in [0.29, 0.717) is 13.0 Å². The molecule has 1 aliphatic rings. The smallest absolute Gasteiger partial charge is 0.305 e. The first-order valence-corrected chi connectivity index (χ1v) is 9.48. The van der Waals surface area contributed by atoms with Crippen molar-refractivity contribution < 1.29 is 9.53 Å². The summed E-state index contributed by atoms with van der Waals surface area (Å²) in [5.74, 6) is 1.07. The number of carbonyl (C=O) groups excluding carboxylic acids is 1. The number of unbranched alkanes of at least 4 members (excludes halogenated alkanes) is 9. The quantitative estimate of drug-likeness (QED) is 0.272. The van der Waals surface area contributed by atoms with E-state index in [9.17, 15) is 4.79 Å². The Morgan fingerprint density at radius 3 is 2.19 bits per heavy atom. The van der Waals surface area contributed by atoms with Gasteiger partial charge in [0.1, 0.15) is 0 Å². The summed E-state index contributed by atoms with van der Waals surface area (Å²) in [6, 6.07) is 0. The number of carbonyl (C=O) groups is 1. The van der Waals surface area contributed by atoms with Crippen molar-refractivity contribution in [2.45, 2.75) is 103 Å². The molecule has 1 saturated carbocycles. The van der Waals surface area contributed by atoms with Crippen molar-refractivity contribution in [3.63, 3.8) is 0 Å². The van der Waals surface area contributed by atoms with Crippen LogP contribution in [0.4, 0.5) is 0 Å². The maximum Gasteiger partial charge on any atom is 0.305 e. The van der Waals surface area contributed by atoms with Crippen LogP contribution in [0.15, 0.2) is 0 Å². The van der Waals surface area contributed by atoms with E-state index in [1.807, 2.05) is 0 Å². The largest absolute Gasteiger partial charge is 0.466 e. The van der Waals surface area contributed by atoms with Crippen molar-refractivity contribution in [1.29, 1.82) is 0 Å². The van der Waals surface area contributed by atoms with Crippen LogP contribution in [0.25, 0.3) is 0 Å². The molecule has 0 aromatic heterocycles. The second-order valence-electron chi connectivity index (χ2n) is 6.74. The number of rotatable bonds is 15. The van der Waals surface area contributed by atoms with Crippen LogP contribution in [0.5, 0.6) is 0 Å². The normalized spacial score (nSPS) is 14.3. The fraction of sp³-hybridized carbons (Fsp3) is 0.947. The Morgan fingerprint density at radius 1 is 0.857 bits per heavy atom. The van der Waals surface area contributed by atoms with Crippen LogP contribution in [0.3, 0.4) is 0 Å². The Balaban J connectivity index is 1.72. The van der Waals surface area contributed by atoms with Gasteiger partial charge in [0.25, 0.3) is 0 Å². The Morgan fingerprint density at radius 2 is 1.48 bits per heavy atom. The van der Waals surface area contributed by atoms with E-state index in [1.54, 1.807) is 0 Å². The Kier molecular flexibility index (Phi) is 11.6. The Hall–Kier alpha value is -0.530. The van der Waals surface area contributed by atoms with Gasteiger partial charge in [-0.1, -0.05) is 84.0 Å². The first-order valence-electron chi connectivity index (χ1n) is 9.48. The molecule has 0 aromatic carbocycles. The highest BCUT2D eigenvalue weighted by molar-refractivity contribution is 5.69. The summed E-state index contributed by atoms with van der Waals surface area (Å²) < 4.78 is 5.29. The predicted molar refractivity (Wildman–Crippen MR) is 89.4 cm³/mol. The first-order chi connectivity index (χ1) is 10.3. The lowest BCUT2D eigenvalue weighted by atomic mass is 10.1. The molecule has 2 nitrogen and oxygen atoms in total. The second-order valence-corrected chi connectivity index (χ2v) is 6.74. The maximum atomic E-state index is 11.5. The van der Waals surface area contributed by atoms with Crippen molar-refractivity contribution in [3.05, 3.63) is 0 Å². The Labute approximate surface area is 132 Å². The summed E-state index contributed by atoms with van der Waals surface area (Å²) in [4.78, 5) is 11.5. The highest BCUT2D eigenvalue weighted by atomic mass is 16.5. The van der Waals surface area contributed by atoms with Crippen LogP contribution >= 0.6 is 0 Å². The van der Waals surface area contributed by atoms with Crippen molar-refractivity contribution in [2.24, 2.45) is 5.92 Å². The molecule has 0 bridgehead atoms. The molecule has 1 fully saturated rings. The van der Waals surface area contributed by atoms with Gasteiger partial charge in [-0.05, 0) is 18.8 Å². The zero-order valence-electron chi connectivity index (χ0n) is 14.2. The monoisotopic (exact) mass is 296 g/mol. The van der Waals surface area contributed by atoms with Gasteiger partial charge in [0.2, 0.25) is 0 Å². The Bertz CT molecular complexity index is 246. The zero-order valence-corrected chi connectivity index (χ0v) is 14.2. The third-order valence-electron chi connectivity index (χ3n) is 4.45. The van der Waals surface area contributed by atoms with Crippen molar-refractivity contribution in [1.82, 2.24) is 0 Å². The minimum Gasteiger partial charge on any atom is -0.466 e. The van der Waals surface area contributed by atoms with E-state index in [4.69, 9.17) is 4.74 Å². The van der Waals surface area contributed by atoms with E-state index >= 15 is 0 Å². The number of ether oxygens (including phenoxy) is 1. The molecule has 1 rings (SSSR count). The molecule has 0 saturated heterocycles. The van der Waals surface area contributed by atoms with Gasteiger partial charge in [0.05, 0.1) is 6.61 Å². The summed E-state index contributed by atoms with van der Waals surface area (Å²) in [5.41, 5.74) is 0. The molecular weight excluding hydrogens is 260 g/mol. The van der Waals surface area contributed by atoms with E-state index in [-0.39, 0.29) is 5.97 Å². The molecule has 0 unspecified atom stereocenters. The molecule has 0 N–H and O–H groups in total. The summed E-state index contributed by atoms with van der Waals surface area (Å²) in [7, 11) is 0. The van der Waals surface area contributed by atoms with Gasteiger partial charge in [-0.15, -0.1) is 0 Å². The van der Waals surface area contributed by atoms with Crippen molar-refractivity contribution in [3.8, 4) is 0 Å². The molecule has 1 aliphatic carbocycles. The van der Waals surface area contributed by atoms with Gasteiger partial charge in [0, 0.05) is 6.42 Å². The van der Waals surface area contributed by atoms with Crippen LogP contribution in [-0.2, 0) is 9.53 Å². The molecule has 21 heavy (non-hydrogen) atoms. The summed E-state index contributed by atoms with van der Waals surface area (Å²) in [6.45, 7) is 2.88. The third kappa shape index (κ3) is 12.9. The van der Waals surface area contributed by atoms with E-state index in [0.717, 1.165) is 18.8 Å². The standard InChI is InChI=1S/C19H36O2/c1-2-3-4-5-6-9-12-17-21-19(20)14-11-8-7-10-13-18-15-16-18/h18H,2-17H2,1H3. The lowest BCUT2D eigenvalue weighted by Gasteiger charge is -2.05. The van der Waals surface area contributed by atoms with Crippen LogP contribution in [-0.4, -0.2) is 12.6 Å². The topological polar surface area (TPSA) is 26.3 Å². The van der Waals surface area contributed by atoms with E-state index in [2.05, 4.69) is 6.92 Å². The average molecular weight is 296 g/mol. The number of hydrogen-bond acceptors (Lipinski definition) is 2. The van der Waals surface area contributed by atoms with Gasteiger partial charge in [0.15, 0.2) is 0 Å². The first kappa shape index (κ1) is 18.5.